The van der Waals surface area contributed by atoms with Gasteiger partial charge in [-0.25, -0.2) is 0 Å². The summed E-state index contributed by atoms with van der Waals surface area (Å²) in [6, 6.07) is 13.9. The van der Waals surface area contributed by atoms with Crippen LogP contribution in [0.2, 0.25) is 0 Å². The average molecular weight is 314 g/mol. The summed E-state index contributed by atoms with van der Waals surface area (Å²) in [5, 5.41) is 10.6. The number of allylic oxidation sites excluding steroid dienone is 2. The van der Waals surface area contributed by atoms with Gasteiger partial charge < -0.3 is 9.72 Å². The minimum atomic E-state index is -0.807. The fourth-order valence-electron chi connectivity index (χ4n) is 2.89. The number of aromatic amines is 1. The number of hydrogen-bond donors (Lipinski definition) is 2. The molecule has 1 aliphatic rings. The van der Waals surface area contributed by atoms with E-state index in [0.717, 1.165) is 27.6 Å². The molecule has 1 aromatic carbocycles. The number of nitrogens with one attached hydrogen (secondary N) is 1. The van der Waals surface area contributed by atoms with E-state index in [1.165, 1.54) is 0 Å². The van der Waals surface area contributed by atoms with Crippen molar-refractivity contribution in [2.45, 2.75) is 6.23 Å². The molecule has 3 N–H and O–H groups in total. The Morgan fingerprint density at radius 2 is 2.08 bits per heavy atom. The number of nitrogens with two attached hydrogens (primary N) is 1. The van der Waals surface area contributed by atoms with Gasteiger partial charge in [-0.15, -0.1) is 0 Å². The zero-order chi connectivity index (χ0) is 16.5. The fraction of sp³-hybridized carbons (Fsp3) is 0.0526. The smallest absolute Gasteiger partial charge is 0.184 e. The van der Waals surface area contributed by atoms with Crippen LogP contribution in [0.1, 0.15) is 11.1 Å². The second kappa shape index (κ2) is 5.69. The zero-order valence-electron chi connectivity index (χ0n) is 12.7. The van der Waals surface area contributed by atoms with Crippen molar-refractivity contribution in [3.63, 3.8) is 0 Å². The number of benzene rings is 1. The topological polar surface area (TPSA) is 87.7 Å². The molecule has 5 nitrogen and oxygen atoms in total. The minimum absolute atomic E-state index is 0.410. The van der Waals surface area contributed by atoms with Crippen LogP contribution in [-0.4, -0.2) is 16.2 Å². The van der Waals surface area contributed by atoms with Crippen LogP contribution >= 0.6 is 0 Å². The van der Waals surface area contributed by atoms with Crippen molar-refractivity contribution in [3.05, 3.63) is 77.8 Å². The predicted octanol–water partition coefficient (Wildman–Crippen LogP) is 3.20. The van der Waals surface area contributed by atoms with Gasteiger partial charge >= 0.3 is 0 Å². The third kappa shape index (κ3) is 2.26. The van der Waals surface area contributed by atoms with Crippen LogP contribution in [-0.2, 0) is 4.74 Å². The first kappa shape index (κ1) is 14.2. The van der Waals surface area contributed by atoms with Gasteiger partial charge in [-0.2, -0.15) is 5.26 Å². The molecule has 0 amide bonds. The Bertz CT molecular complexity index is 1010. The summed E-state index contributed by atoms with van der Waals surface area (Å²) in [6.07, 6.45) is 6.35. The van der Waals surface area contributed by atoms with E-state index in [0.29, 0.717) is 11.3 Å². The summed E-state index contributed by atoms with van der Waals surface area (Å²) in [6.45, 7) is 0. The van der Waals surface area contributed by atoms with Crippen molar-refractivity contribution in [1.29, 1.82) is 5.26 Å². The summed E-state index contributed by atoms with van der Waals surface area (Å²) >= 11 is 0. The Labute approximate surface area is 138 Å². The first-order chi connectivity index (χ1) is 11.8. The molecule has 5 heteroatoms. The largest absolute Gasteiger partial charge is 0.470 e. The first-order valence-corrected chi connectivity index (χ1v) is 7.53. The van der Waals surface area contributed by atoms with Crippen molar-refractivity contribution < 1.29 is 4.74 Å². The third-order valence-corrected chi connectivity index (χ3v) is 4.05. The van der Waals surface area contributed by atoms with Crippen LogP contribution in [0.15, 0.2) is 66.6 Å². The van der Waals surface area contributed by atoms with Gasteiger partial charge in [-0.05, 0) is 24.3 Å². The van der Waals surface area contributed by atoms with Gasteiger partial charge in [-0.1, -0.05) is 18.2 Å². The molecule has 0 radical (unpaired) electrons. The molecular weight excluding hydrogens is 300 g/mol. The summed E-state index contributed by atoms with van der Waals surface area (Å²) in [7, 11) is 0. The molecule has 1 unspecified atom stereocenters. The molecule has 116 valence electrons. The third-order valence-electron chi connectivity index (χ3n) is 4.05. The molecule has 0 spiro atoms. The zero-order valence-corrected chi connectivity index (χ0v) is 12.7. The minimum Gasteiger partial charge on any atom is -0.470 e. The number of nitriles is 1. The highest BCUT2D eigenvalue weighted by atomic mass is 16.5. The van der Waals surface area contributed by atoms with Crippen LogP contribution in [0, 0.1) is 11.3 Å². The SMILES string of the molecule is N#CC1=C(c2c[nH]c3ccccc23)C=C(c2cccnc2)OC1N. The molecule has 2 aromatic heterocycles. The number of nitrogens with zero attached hydrogens (tertiary/aromatic N) is 2. The number of H-pyrrole nitrogens is 1. The number of fused-ring (bicyclic) bond motifs is 1. The molecule has 0 aliphatic carbocycles. The van der Waals surface area contributed by atoms with Crippen LogP contribution in [0.5, 0.6) is 0 Å². The van der Waals surface area contributed by atoms with Crippen LogP contribution < -0.4 is 5.73 Å². The number of pyridine rings is 1. The number of hydrogen-bond acceptors (Lipinski definition) is 4. The van der Waals surface area contributed by atoms with E-state index >= 15 is 0 Å². The van der Waals surface area contributed by atoms with Crippen molar-refractivity contribution in [2.24, 2.45) is 5.73 Å². The summed E-state index contributed by atoms with van der Waals surface area (Å²) in [5.74, 6) is 0.606. The molecule has 1 atom stereocenters. The lowest BCUT2D eigenvalue weighted by atomic mass is 9.95. The monoisotopic (exact) mass is 314 g/mol. The van der Waals surface area contributed by atoms with E-state index in [-0.39, 0.29) is 0 Å². The Kier molecular flexibility index (Phi) is 3.38. The summed E-state index contributed by atoms with van der Waals surface area (Å²) in [4.78, 5) is 7.35. The van der Waals surface area contributed by atoms with E-state index in [9.17, 15) is 5.26 Å². The second-order valence-electron chi connectivity index (χ2n) is 5.48. The highest BCUT2D eigenvalue weighted by Crippen LogP contribution is 2.35. The van der Waals surface area contributed by atoms with Gasteiger partial charge in [0.2, 0.25) is 0 Å². The van der Waals surface area contributed by atoms with E-state index in [1.54, 1.807) is 12.4 Å². The Morgan fingerprint density at radius 3 is 2.88 bits per heavy atom. The Balaban J connectivity index is 1.93. The Morgan fingerprint density at radius 1 is 1.21 bits per heavy atom. The summed E-state index contributed by atoms with van der Waals surface area (Å²) in [5.41, 5.74) is 10.0. The molecule has 3 heterocycles. The maximum atomic E-state index is 9.54. The fourth-order valence-corrected chi connectivity index (χ4v) is 2.89. The number of rotatable bonds is 2. The number of ether oxygens (including phenoxy) is 1. The van der Waals surface area contributed by atoms with Gasteiger partial charge in [0.15, 0.2) is 6.23 Å². The highest BCUT2D eigenvalue weighted by molar-refractivity contribution is 5.99. The van der Waals surface area contributed by atoms with Crippen molar-refractivity contribution in [1.82, 2.24) is 9.97 Å². The Hall–Kier alpha value is -3.36. The molecule has 24 heavy (non-hydrogen) atoms. The molecule has 3 aromatic rings. The number of aromatic nitrogens is 2. The maximum Gasteiger partial charge on any atom is 0.184 e. The van der Waals surface area contributed by atoms with E-state index in [2.05, 4.69) is 16.0 Å². The normalized spacial score (nSPS) is 17.3. The van der Waals surface area contributed by atoms with Gasteiger partial charge in [-0.3, -0.25) is 10.7 Å². The predicted molar refractivity (Wildman–Crippen MR) is 92.1 cm³/mol. The van der Waals surface area contributed by atoms with Crippen molar-refractivity contribution in [2.75, 3.05) is 0 Å². The molecular formula is C19H14N4O. The molecule has 1 aliphatic heterocycles. The first-order valence-electron chi connectivity index (χ1n) is 7.53. The van der Waals surface area contributed by atoms with E-state index in [1.807, 2.05) is 48.7 Å². The molecule has 4 rings (SSSR count). The molecule has 0 bridgehead atoms. The second-order valence-corrected chi connectivity index (χ2v) is 5.48. The molecule has 0 saturated heterocycles. The lowest BCUT2D eigenvalue weighted by molar-refractivity contribution is 0.209. The average Bonchev–Trinajstić information content (AvgIpc) is 3.06. The highest BCUT2D eigenvalue weighted by Gasteiger charge is 2.25. The lowest BCUT2D eigenvalue weighted by Gasteiger charge is -2.23. The van der Waals surface area contributed by atoms with Gasteiger partial charge in [0.05, 0.1) is 5.57 Å². The lowest BCUT2D eigenvalue weighted by Crippen LogP contribution is -2.28. The quantitative estimate of drug-likeness (QED) is 0.760. The van der Waals surface area contributed by atoms with E-state index in [4.69, 9.17) is 10.5 Å². The molecule has 0 saturated carbocycles. The van der Waals surface area contributed by atoms with Crippen LogP contribution in [0.4, 0.5) is 0 Å². The molecule has 0 fully saturated rings. The standard InChI is InChI=1S/C19H14N4O/c20-9-15-14(16-11-23-17-6-2-1-5-13(16)17)8-18(24-19(15)21)12-4-3-7-22-10-12/h1-8,10-11,19,23H,21H2. The van der Waals surface area contributed by atoms with Crippen LogP contribution in [0.25, 0.3) is 22.2 Å². The summed E-state index contributed by atoms with van der Waals surface area (Å²) < 4.78 is 5.72. The van der Waals surface area contributed by atoms with Crippen molar-refractivity contribution in [3.8, 4) is 6.07 Å². The van der Waals surface area contributed by atoms with E-state index < -0.39 is 6.23 Å². The van der Waals surface area contributed by atoms with Gasteiger partial charge in [0.25, 0.3) is 0 Å². The maximum absolute atomic E-state index is 9.54. The van der Waals surface area contributed by atoms with Crippen LogP contribution in [0.3, 0.4) is 0 Å². The number of para-hydroxylation sites is 1. The van der Waals surface area contributed by atoms with Gasteiger partial charge in [0, 0.05) is 46.2 Å². The van der Waals surface area contributed by atoms with Crippen molar-refractivity contribution >= 4 is 22.2 Å². The van der Waals surface area contributed by atoms with Gasteiger partial charge in [0.1, 0.15) is 11.8 Å².